The van der Waals surface area contributed by atoms with Gasteiger partial charge in [-0.25, -0.2) is 0 Å². The molecule has 1 heterocycles. The van der Waals surface area contributed by atoms with Crippen LogP contribution in [0.1, 0.15) is 36.1 Å². The summed E-state index contributed by atoms with van der Waals surface area (Å²) in [5.41, 5.74) is 2.32. The standard InChI is InChI=1S/C21H18BrCl2N3S/c22-15-8-6-14(7-9-15)19-25-26-20(27(19)16-10-11-16)28-18(17-12-21(17,23)24)13-4-2-1-3-5-13/h1-9,16-18H,10-12H2. The fourth-order valence-corrected chi connectivity index (χ4v) is 5.97. The summed E-state index contributed by atoms with van der Waals surface area (Å²) in [6.45, 7) is 0. The first kappa shape index (κ1) is 19.0. The number of aromatic nitrogens is 3. The van der Waals surface area contributed by atoms with Crippen LogP contribution >= 0.6 is 50.9 Å². The molecule has 2 unspecified atom stereocenters. The Morgan fingerprint density at radius 1 is 1.04 bits per heavy atom. The van der Waals surface area contributed by atoms with E-state index in [4.69, 9.17) is 23.2 Å². The van der Waals surface area contributed by atoms with Crippen molar-refractivity contribution in [2.75, 3.05) is 0 Å². The first-order chi connectivity index (χ1) is 13.5. The number of nitrogens with zero attached hydrogens (tertiary/aromatic N) is 3. The molecular formula is C21H18BrCl2N3S. The van der Waals surface area contributed by atoms with E-state index in [1.54, 1.807) is 11.8 Å². The highest BCUT2D eigenvalue weighted by atomic mass is 79.9. The minimum atomic E-state index is -0.646. The van der Waals surface area contributed by atoms with Crippen molar-refractivity contribution in [1.82, 2.24) is 14.8 Å². The third-order valence-electron chi connectivity index (χ3n) is 5.28. The fraction of sp³-hybridized carbons (Fsp3) is 0.333. The fourth-order valence-electron chi connectivity index (χ4n) is 3.52. The number of rotatable bonds is 6. The lowest BCUT2D eigenvalue weighted by molar-refractivity contribution is 0.663. The lowest BCUT2D eigenvalue weighted by Gasteiger charge is -2.18. The van der Waals surface area contributed by atoms with Gasteiger partial charge in [0.2, 0.25) is 0 Å². The molecule has 2 fully saturated rings. The quantitative estimate of drug-likeness (QED) is 0.271. The monoisotopic (exact) mass is 493 g/mol. The topological polar surface area (TPSA) is 30.7 Å². The molecule has 2 aliphatic carbocycles. The molecule has 0 bridgehead atoms. The summed E-state index contributed by atoms with van der Waals surface area (Å²) in [6, 6.07) is 19.2. The second-order valence-electron chi connectivity index (χ2n) is 7.44. The maximum Gasteiger partial charge on any atom is 0.192 e. The molecule has 0 amide bonds. The Labute approximate surface area is 187 Å². The molecule has 0 radical (unpaired) electrons. The van der Waals surface area contributed by atoms with Crippen molar-refractivity contribution in [3.8, 4) is 11.4 Å². The summed E-state index contributed by atoms with van der Waals surface area (Å²) in [5.74, 6) is 1.15. The Balaban J connectivity index is 1.51. The Morgan fingerprint density at radius 2 is 1.71 bits per heavy atom. The molecule has 1 aromatic heterocycles. The molecular weight excluding hydrogens is 477 g/mol. The van der Waals surface area contributed by atoms with Crippen LogP contribution in [0, 0.1) is 5.92 Å². The second kappa shape index (κ2) is 7.35. The number of hydrogen-bond donors (Lipinski definition) is 0. The molecule has 7 heteroatoms. The average molecular weight is 495 g/mol. The van der Waals surface area contributed by atoms with Crippen LogP contribution < -0.4 is 0 Å². The van der Waals surface area contributed by atoms with Crippen LogP contribution in [-0.2, 0) is 0 Å². The molecule has 0 aliphatic heterocycles. The third-order valence-corrected chi connectivity index (χ3v) is 8.02. The number of alkyl halides is 2. The van der Waals surface area contributed by atoms with Gasteiger partial charge in [-0.2, -0.15) is 0 Å². The first-order valence-electron chi connectivity index (χ1n) is 9.33. The Morgan fingerprint density at radius 3 is 2.32 bits per heavy atom. The lowest BCUT2D eigenvalue weighted by Crippen LogP contribution is -2.06. The van der Waals surface area contributed by atoms with Gasteiger partial charge < -0.3 is 0 Å². The van der Waals surface area contributed by atoms with E-state index in [9.17, 15) is 0 Å². The van der Waals surface area contributed by atoms with Crippen LogP contribution in [0.5, 0.6) is 0 Å². The van der Waals surface area contributed by atoms with Gasteiger partial charge in [0.25, 0.3) is 0 Å². The van der Waals surface area contributed by atoms with Crippen molar-refractivity contribution in [2.24, 2.45) is 5.92 Å². The minimum Gasteiger partial charge on any atom is -0.299 e. The number of benzene rings is 2. The van der Waals surface area contributed by atoms with E-state index in [0.29, 0.717) is 6.04 Å². The van der Waals surface area contributed by atoms with Crippen molar-refractivity contribution in [3.63, 3.8) is 0 Å². The molecule has 5 rings (SSSR count). The smallest absolute Gasteiger partial charge is 0.192 e. The van der Waals surface area contributed by atoms with Gasteiger partial charge in [-0.05, 0) is 37.0 Å². The molecule has 0 spiro atoms. The van der Waals surface area contributed by atoms with E-state index in [0.717, 1.165) is 27.4 Å². The van der Waals surface area contributed by atoms with Crippen molar-refractivity contribution in [1.29, 1.82) is 0 Å². The van der Waals surface area contributed by atoms with E-state index >= 15 is 0 Å². The zero-order chi connectivity index (χ0) is 19.3. The minimum absolute atomic E-state index is 0.163. The second-order valence-corrected chi connectivity index (χ2v) is 11.0. The summed E-state index contributed by atoms with van der Waals surface area (Å²) in [5, 5.41) is 10.2. The van der Waals surface area contributed by atoms with Crippen molar-refractivity contribution in [3.05, 3.63) is 64.6 Å². The van der Waals surface area contributed by atoms with E-state index < -0.39 is 4.33 Å². The molecule has 144 valence electrons. The molecule has 2 saturated carbocycles. The van der Waals surface area contributed by atoms with Crippen LogP contribution in [0.25, 0.3) is 11.4 Å². The van der Waals surface area contributed by atoms with E-state index in [-0.39, 0.29) is 11.2 Å². The van der Waals surface area contributed by atoms with Crippen LogP contribution in [0.15, 0.2) is 64.2 Å². The number of thioether (sulfide) groups is 1. The normalized spacial score (nSPS) is 21.5. The zero-order valence-electron chi connectivity index (χ0n) is 14.9. The first-order valence-corrected chi connectivity index (χ1v) is 11.8. The lowest BCUT2D eigenvalue weighted by atomic mass is 10.1. The SMILES string of the molecule is ClC1(Cl)CC1C(Sc1nnc(-c2ccc(Br)cc2)n1C1CC1)c1ccccc1. The highest BCUT2D eigenvalue weighted by Crippen LogP contribution is 2.63. The largest absolute Gasteiger partial charge is 0.299 e. The zero-order valence-corrected chi connectivity index (χ0v) is 18.8. The summed E-state index contributed by atoms with van der Waals surface area (Å²) >= 11 is 18.1. The molecule has 0 saturated heterocycles. The van der Waals surface area contributed by atoms with Gasteiger partial charge in [0.1, 0.15) is 4.33 Å². The predicted molar refractivity (Wildman–Crippen MR) is 119 cm³/mol. The molecule has 2 aliphatic rings. The summed E-state index contributed by atoms with van der Waals surface area (Å²) in [6.07, 6.45) is 3.15. The van der Waals surface area contributed by atoms with Crippen molar-refractivity contribution in [2.45, 2.75) is 40.0 Å². The van der Waals surface area contributed by atoms with Crippen molar-refractivity contribution >= 4 is 50.9 Å². The van der Waals surface area contributed by atoms with Crippen LogP contribution in [0.4, 0.5) is 0 Å². The summed E-state index contributed by atoms with van der Waals surface area (Å²) in [4.78, 5) is 0. The molecule has 2 atom stereocenters. The molecule has 0 N–H and O–H groups in total. The molecule has 2 aromatic carbocycles. The molecule has 3 aromatic rings. The molecule has 3 nitrogen and oxygen atoms in total. The maximum absolute atomic E-state index is 6.45. The van der Waals surface area contributed by atoms with E-state index in [1.165, 1.54) is 18.4 Å². The highest BCUT2D eigenvalue weighted by Gasteiger charge is 2.56. The van der Waals surface area contributed by atoms with Crippen molar-refractivity contribution < 1.29 is 0 Å². The van der Waals surface area contributed by atoms with Gasteiger partial charge in [-0.15, -0.1) is 33.4 Å². The Hall–Kier alpha value is -1.01. The van der Waals surface area contributed by atoms with Crippen LogP contribution in [0.3, 0.4) is 0 Å². The van der Waals surface area contributed by atoms with E-state index in [2.05, 4.69) is 67.1 Å². The average Bonchev–Trinajstić information content (AvgIpc) is 3.60. The van der Waals surface area contributed by atoms with E-state index in [1.807, 2.05) is 18.2 Å². The highest BCUT2D eigenvalue weighted by molar-refractivity contribution is 9.10. The van der Waals surface area contributed by atoms with Gasteiger partial charge in [-0.3, -0.25) is 4.57 Å². The third kappa shape index (κ3) is 3.74. The van der Waals surface area contributed by atoms with Crippen LogP contribution in [-0.4, -0.2) is 19.1 Å². The summed E-state index contributed by atoms with van der Waals surface area (Å²) < 4.78 is 2.71. The summed E-state index contributed by atoms with van der Waals surface area (Å²) in [7, 11) is 0. The predicted octanol–water partition coefficient (Wildman–Crippen LogP) is 7.07. The van der Waals surface area contributed by atoms with Gasteiger partial charge >= 0.3 is 0 Å². The maximum atomic E-state index is 6.45. The number of hydrogen-bond acceptors (Lipinski definition) is 3. The van der Waals surface area contributed by atoms with Gasteiger partial charge in [0.05, 0.1) is 0 Å². The van der Waals surface area contributed by atoms with Gasteiger partial charge in [0.15, 0.2) is 11.0 Å². The van der Waals surface area contributed by atoms with Gasteiger partial charge in [-0.1, -0.05) is 70.2 Å². The molecule has 28 heavy (non-hydrogen) atoms. The Bertz CT molecular complexity index is 987. The number of halogens is 3. The van der Waals surface area contributed by atoms with Gasteiger partial charge in [0, 0.05) is 27.2 Å². The Kier molecular flexibility index (Phi) is 4.98. The van der Waals surface area contributed by atoms with Crippen LogP contribution in [0.2, 0.25) is 0 Å².